The van der Waals surface area contributed by atoms with Gasteiger partial charge in [0, 0.05) is 30.8 Å². The number of likely N-dealkylation sites (tertiary alicyclic amines) is 1. The lowest BCUT2D eigenvalue weighted by Crippen LogP contribution is -2.42. The highest BCUT2D eigenvalue weighted by Crippen LogP contribution is 2.20. The minimum absolute atomic E-state index is 0.0816. The van der Waals surface area contributed by atoms with Crippen molar-refractivity contribution in [3.63, 3.8) is 0 Å². The third-order valence-corrected chi connectivity index (χ3v) is 6.86. The molecular weight excluding hydrogens is 516 g/mol. The van der Waals surface area contributed by atoms with Crippen molar-refractivity contribution in [2.45, 2.75) is 91.3 Å². The molecule has 8 heteroatoms. The molecule has 0 saturated carbocycles. The van der Waals surface area contributed by atoms with Crippen LogP contribution in [0, 0.1) is 13.8 Å². The number of carbonyl (C=O) groups is 3. The molecule has 1 aliphatic rings. The minimum atomic E-state index is -0.367. The zero-order valence-electron chi connectivity index (χ0n) is 25.0. The van der Waals surface area contributed by atoms with Crippen molar-refractivity contribution in [2.24, 2.45) is 0 Å². The van der Waals surface area contributed by atoms with Gasteiger partial charge in [-0.3, -0.25) is 14.4 Å². The number of amides is 2. The van der Waals surface area contributed by atoms with Crippen LogP contribution < -0.4 is 5.32 Å². The summed E-state index contributed by atoms with van der Waals surface area (Å²) in [5, 5.41) is 2.91. The summed E-state index contributed by atoms with van der Waals surface area (Å²) in [5.74, 6) is -0.173. The lowest BCUT2D eigenvalue weighted by atomic mass is 10.1. The molecule has 0 aliphatic carbocycles. The van der Waals surface area contributed by atoms with Crippen LogP contribution in [0.4, 0.5) is 0 Å². The van der Waals surface area contributed by atoms with Gasteiger partial charge >= 0.3 is 5.97 Å². The second-order valence-electron chi connectivity index (χ2n) is 11.6. The summed E-state index contributed by atoms with van der Waals surface area (Å²) in [7, 11) is 0. The van der Waals surface area contributed by atoms with Crippen molar-refractivity contribution in [3.8, 4) is 11.3 Å². The second kappa shape index (κ2) is 15.2. The molecule has 1 aromatic heterocycles. The molecule has 2 heterocycles. The van der Waals surface area contributed by atoms with Crippen LogP contribution in [-0.4, -0.2) is 51.3 Å². The van der Waals surface area contributed by atoms with Gasteiger partial charge in [-0.15, -0.1) is 0 Å². The number of imidazole rings is 1. The fourth-order valence-corrected chi connectivity index (χ4v) is 4.79. The van der Waals surface area contributed by atoms with E-state index in [0.717, 1.165) is 61.0 Å². The van der Waals surface area contributed by atoms with E-state index in [1.807, 2.05) is 52.0 Å². The van der Waals surface area contributed by atoms with Crippen LogP contribution in [-0.2, 0) is 32.1 Å². The molecule has 1 atom stereocenters. The topological polar surface area (TPSA) is 104 Å². The summed E-state index contributed by atoms with van der Waals surface area (Å²) in [4.78, 5) is 43.5. The summed E-state index contributed by atoms with van der Waals surface area (Å²) < 4.78 is 5.27. The van der Waals surface area contributed by atoms with Crippen LogP contribution in [0.1, 0.15) is 75.3 Å². The van der Waals surface area contributed by atoms with Crippen LogP contribution >= 0.6 is 0 Å². The summed E-state index contributed by atoms with van der Waals surface area (Å²) >= 11 is 0. The summed E-state index contributed by atoms with van der Waals surface area (Å²) in [6, 6.07) is 16.2. The molecule has 220 valence electrons. The van der Waals surface area contributed by atoms with E-state index < -0.39 is 0 Å². The van der Waals surface area contributed by atoms with Crippen molar-refractivity contribution in [1.29, 1.82) is 0 Å². The number of carbonyl (C=O) groups excluding carboxylic acids is 3. The van der Waals surface area contributed by atoms with Gasteiger partial charge in [-0.1, -0.05) is 54.1 Å². The maximum atomic E-state index is 12.2. The van der Waals surface area contributed by atoms with Crippen LogP contribution in [0.5, 0.6) is 0 Å². The normalized spacial score (nSPS) is 14.7. The van der Waals surface area contributed by atoms with E-state index >= 15 is 0 Å². The Morgan fingerprint density at radius 1 is 1.10 bits per heavy atom. The minimum Gasteiger partial charge on any atom is -0.460 e. The highest BCUT2D eigenvalue weighted by Gasteiger charge is 2.29. The van der Waals surface area contributed by atoms with Gasteiger partial charge in [-0.25, -0.2) is 4.98 Å². The van der Waals surface area contributed by atoms with Gasteiger partial charge in [0.1, 0.15) is 11.6 Å². The largest absolute Gasteiger partial charge is 0.460 e. The molecule has 8 nitrogen and oxygen atoms in total. The Kier molecular flexibility index (Phi) is 11.7. The maximum Gasteiger partial charge on any atom is 0.306 e. The number of esters is 1. The van der Waals surface area contributed by atoms with Crippen LogP contribution in [0.3, 0.4) is 0 Å². The van der Waals surface area contributed by atoms with Crippen molar-refractivity contribution < 1.29 is 19.1 Å². The number of hydrogen-bond donors (Lipinski definition) is 2. The number of benzene rings is 2. The Balaban J connectivity index is 0.000000233. The van der Waals surface area contributed by atoms with E-state index in [4.69, 9.17) is 4.74 Å². The first-order valence-corrected chi connectivity index (χ1v) is 14.4. The van der Waals surface area contributed by atoms with Crippen molar-refractivity contribution >= 4 is 18.3 Å². The first kappa shape index (κ1) is 31.6. The zero-order chi connectivity index (χ0) is 29.8. The Bertz CT molecular complexity index is 1280. The highest BCUT2D eigenvalue weighted by atomic mass is 16.6. The Hall–Kier alpha value is -3.94. The number of rotatable bonds is 10. The molecule has 41 heavy (non-hydrogen) atoms. The predicted molar refractivity (Wildman–Crippen MR) is 161 cm³/mol. The summed E-state index contributed by atoms with van der Waals surface area (Å²) in [6.45, 7) is 10.9. The molecule has 1 saturated heterocycles. The predicted octanol–water partition coefficient (Wildman–Crippen LogP) is 5.67. The average Bonchev–Trinajstić information content (AvgIpc) is 3.58. The van der Waals surface area contributed by atoms with E-state index in [2.05, 4.69) is 46.5 Å². The highest BCUT2D eigenvalue weighted by molar-refractivity contribution is 5.84. The number of nitrogens with one attached hydrogen (secondary N) is 2. The molecule has 4 rings (SSSR count). The lowest BCUT2D eigenvalue weighted by molar-refractivity contribution is -0.154. The third kappa shape index (κ3) is 10.5. The SMILES string of the molecule is Cc1[nH]cnc1-c1ccc(CNC(=O)C2CCCN2C=O)cc1.Cc1cccc(CCCCC(=O)OC(C)(C)C)c1. The lowest BCUT2D eigenvalue weighted by Gasteiger charge is -2.19. The number of H-pyrrole nitrogens is 1. The van der Waals surface area contributed by atoms with Gasteiger partial charge < -0.3 is 19.9 Å². The van der Waals surface area contributed by atoms with E-state index in [0.29, 0.717) is 19.5 Å². The molecule has 0 spiro atoms. The van der Waals surface area contributed by atoms with Crippen LogP contribution in [0.25, 0.3) is 11.3 Å². The monoisotopic (exact) mass is 560 g/mol. The van der Waals surface area contributed by atoms with Crippen molar-refractivity contribution in [1.82, 2.24) is 20.2 Å². The fraction of sp³-hybridized carbons (Fsp3) is 0.455. The van der Waals surface area contributed by atoms with Crippen LogP contribution in [0.15, 0.2) is 54.9 Å². The smallest absolute Gasteiger partial charge is 0.306 e. The fourth-order valence-electron chi connectivity index (χ4n) is 4.79. The number of aryl methyl sites for hydroxylation is 3. The van der Waals surface area contributed by atoms with Gasteiger partial charge in [0.15, 0.2) is 0 Å². The standard InChI is InChI=1S/C17H20N4O2.C16H24O2/c1-12-16(20-10-19-12)14-6-4-13(5-7-14)9-18-17(23)15-3-2-8-21(15)11-22;1-13-8-7-10-14(12-13)9-5-6-11-15(17)18-16(2,3)4/h4-7,10-11,15H,2-3,8-9H2,1H3,(H,18,23)(H,19,20);7-8,10,12H,5-6,9,11H2,1-4H3. The number of aromatic nitrogens is 2. The maximum absolute atomic E-state index is 12.2. The molecule has 0 bridgehead atoms. The second-order valence-corrected chi connectivity index (χ2v) is 11.6. The number of aromatic amines is 1. The number of hydrogen-bond acceptors (Lipinski definition) is 5. The number of unbranched alkanes of at least 4 members (excludes halogenated alkanes) is 1. The van der Waals surface area contributed by atoms with E-state index in [9.17, 15) is 14.4 Å². The first-order chi connectivity index (χ1) is 19.6. The van der Waals surface area contributed by atoms with Gasteiger partial charge in [0.25, 0.3) is 0 Å². The quantitative estimate of drug-likeness (QED) is 0.189. The molecule has 2 amide bonds. The molecule has 2 aromatic carbocycles. The van der Waals surface area contributed by atoms with Gasteiger partial charge in [-0.05, 0) is 77.8 Å². The number of ether oxygens (including phenoxy) is 1. The van der Waals surface area contributed by atoms with Crippen LogP contribution in [0.2, 0.25) is 0 Å². The Morgan fingerprint density at radius 3 is 2.49 bits per heavy atom. The summed E-state index contributed by atoms with van der Waals surface area (Å²) in [6.07, 6.45) is 7.53. The molecule has 1 fully saturated rings. The Labute approximate surface area is 243 Å². The first-order valence-electron chi connectivity index (χ1n) is 14.4. The van der Waals surface area contributed by atoms with E-state index in [-0.39, 0.29) is 23.5 Å². The number of nitrogens with zero attached hydrogens (tertiary/aromatic N) is 2. The van der Waals surface area contributed by atoms with Crippen molar-refractivity contribution in [3.05, 3.63) is 77.2 Å². The zero-order valence-corrected chi connectivity index (χ0v) is 25.0. The van der Waals surface area contributed by atoms with Gasteiger partial charge in [0.05, 0.1) is 12.0 Å². The molecular formula is C33H44N4O4. The van der Waals surface area contributed by atoms with Gasteiger partial charge in [-0.2, -0.15) is 0 Å². The molecule has 0 radical (unpaired) electrons. The van der Waals surface area contributed by atoms with Crippen molar-refractivity contribution in [2.75, 3.05) is 6.54 Å². The van der Waals surface area contributed by atoms with E-state index in [1.54, 1.807) is 11.2 Å². The van der Waals surface area contributed by atoms with Gasteiger partial charge in [0.2, 0.25) is 12.3 Å². The molecule has 3 aromatic rings. The molecule has 1 unspecified atom stereocenters. The summed E-state index contributed by atoms with van der Waals surface area (Å²) in [5.41, 5.74) is 6.30. The molecule has 2 N–H and O–H groups in total. The van der Waals surface area contributed by atoms with E-state index in [1.165, 1.54) is 11.1 Å². The Morgan fingerprint density at radius 2 is 1.85 bits per heavy atom. The average molecular weight is 561 g/mol. The molecule has 1 aliphatic heterocycles. The third-order valence-electron chi connectivity index (χ3n) is 6.86.